The number of hydrogen-bond acceptors (Lipinski definition) is 2. The molecule has 0 saturated carbocycles. The Morgan fingerprint density at radius 1 is 0.792 bits per heavy atom. The smallest absolute Gasteiger partial charge is 0.127 e. The number of aryl methyl sites for hydroxylation is 2. The highest BCUT2D eigenvalue weighted by Gasteiger charge is 2.12. The van der Waals surface area contributed by atoms with E-state index in [1.54, 1.807) is 0 Å². The van der Waals surface area contributed by atoms with E-state index in [1.165, 1.54) is 16.7 Å². The van der Waals surface area contributed by atoms with Crippen LogP contribution in [0.5, 0.6) is 5.75 Å². The van der Waals surface area contributed by atoms with Gasteiger partial charge in [-0.15, -0.1) is 0 Å². The minimum atomic E-state index is 0.0247. The first-order valence-corrected chi connectivity index (χ1v) is 8.16. The molecule has 2 heteroatoms. The van der Waals surface area contributed by atoms with Crippen molar-refractivity contribution < 1.29 is 9.84 Å². The molecule has 24 heavy (non-hydrogen) atoms. The van der Waals surface area contributed by atoms with Gasteiger partial charge in [0, 0.05) is 5.56 Å². The Morgan fingerprint density at radius 3 is 2.17 bits per heavy atom. The fourth-order valence-corrected chi connectivity index (χ4v) is 2.97. The van der Waals surface area contributed by atoms with E-state index in [9.17, 15) is 5.11 Å². The van der Waals surface area contributed by atoms with Crippen molar-refractivity contribution in [1.29, 1.82) is 0 Å². The first-order chi connectivity index (χ1) is 11.7. The van der Waals surface area contributed by atoms with Gasteiger partial charge in [-0.05, 0) is 53.8 Å². The van der Waals surface area contributed by atoms with Crippen LogP contribution in [0.1, 0.15) is 22.3 Å². The van der Waals surface area contributed by atoms with Crippen LogP contribution < -0.4 is 4.74 Å². The van der Waals surface area contributed by atoms with Crippen LogP contribution in [0.15, 0.2) is 66.7 Å². The van der Waals surface area contributed by atoms with Gasteiger partial charge in [-0.3, -0.25) is 0 Å². The zero-order valence-corrected chi connectivity index (χ0v) is 14.1. The Hall–Kier alpha value is -2.58. The Morgan fingerprint density at radius 2 is 1.50 bits per heavy atom. The zero-order chi connectivity index (χ0) is 16.9. The second kappa shape index (κ2) is 7.33. The van der Waals surface area contributed by atoms with E-state index in [0.717, 1.165) is 22.4 Å². The molecule has 0 bridgehead atoms. The third-order valence-corrected chi connectivity index (χ3v) is 4.21. The largest absolute Gasteiger partial charge is 0.488 e. The van der Waals surface area contributed by atoms with Gasteiger partial charge in [-0.1, -0.05) is 54.6 Å². The van der Waals surface area contributed by atoms with Crippen molar-refractivity contribution in [3.63, 3.8) is 0 Å². The summed E-state index contributed by atoms with van der Waals surface area (Å²) in [7, 11) is 0. The van der Waals surface area contributed by atoms with E-state index in [-0.39, 0.29) is 6.61 Å². The maximum absolute atomic E-state index is 9.51. The van der Waals surface area contributed by atoms with Crippen LogP contribution in [0.3, 0.4) is 0 Å². The van der Waals surface area contributed by atoms with E-state index in [4.69, 9.17) is 4.74 Å². The maximum Gasteiger partial charge on any atom is 0.127 e. The van der Waals surface area contributed by atoms with Gasteiger partial charge in [-0.2, -0.15) is 0 Å². The SMILES string of the molecule is Cc1cccc(C)c1-c1cc(CO)ccc1OCc1ccccc1. The van der Waals surface area contributed by atoms with Crippen LogP contribution in [0.25, 0.3) is 11.1 Å². The zero-order valence-electron chi connectivity index (χ0n) is 14.1. The minimum Gasteiger partial charge on any atom is -0.488 e. The van der Waals surface area contributed by atoms with Crippen LogP contribution in [-0.4, -0.2) is 5.11 Å². The van der Waals surface area contributed by atoms with Gasteiger partial charge in [0.05, 0.1) is 6.61 Å². The van der Waals surface area contributed by atoms with Gasteiger partial charge < -0.3 is 9.84 Å². The van der Waals surface area contributed by atoms with Gasteiger partial charge >= 0.3 is 0 Å². The number of hydrogen-bond donors (Lipinski definition) is 1. The normalized spacial score (nSPS) is 10.6. The Labute approximate surface area is 143 Å². The van der Waals surface area contributed by atoms with Crippen molar-refractivity contribution in [2.75, 3.05) is 0 Å². The highest BCUT2D eigenvalue weighted by atomic mass is 16.5. The molecule has 3 aromatic carbocycles. The summed E-state index contributed by atoms with van der Waals surface area (Å²) in [5.74, 6) is 0.841. The van der Waals surface area contributed by atoms with E-state index in [1.807, 2.05) is 36.4 Å². The topological polar surface area (TPSA) is 29.5 Å². The van der Waals surface area contributed by atoms with E-state index < -0.39 is 0 Å². The van der Waals surface area contributed by atoms with Gasteiger partial charge in [-0.25, -0.2) is 0 Å². The molecule has 1 N–H and O–H groups in total. The molecule has 0 atom stereocenters. The van der Waals surface area contributed by atoms with Crippen LogP contribution in [0.2, 0.25) is 0 Å². The van der Waals surface area contributed by atoms with E-state index in [0.29, 0.717) is 6.61 Å². The predicted molar refractivity (Wildman–Crippen MR) is 98.0 cm³/mol. The van der Waals surface area contributed by atoms with Crippen molar-refractivity contribution in [2.45, 2.75) is 27.1 Å². The minimum absolute atomic E-state index is 0.0247. The van der Waals surface area contributed by atoms with Crippen LogP contribution in [0, 0.1) is 13.8 Å². The lowest BCUT2D eigenvalue weighted by molar-refractivity contribution is 0.281. The summed E-state index contributed by atoms with van der Waals surface area (Å²) in [6.07, 6.45) is 0. The van der Waals surface area contributed by atoms with Crippen molar-refractivity contribution >= 4 is 0 Å². The van der Waals surface area contributed by atoms with Crippen molar-refractivity contribution in [2.24, 2.45) is 0 Å². The Bertz CT molecular complexity index is 802. The molecule has 0 aliphatic rings. The average molecular weight is 318 g/mol. The second-order valence-corrected chi connectivity index (χ2v) is 6.03. The molecule has 0 radical (unpaired) electrons. The highest BCUT2D eigenvalue weighted by molar-refractivity contribution is 5.76. The molecular formula is C22H22O2. The molecule has 122 valence electrons. The number of benzene rings is 3. The van der Waals surface area contributed by atoms with Crippen LogP contribution in [0.4, 0.5) is 0 Å². The standard InChI is InChI=1S/C22H22O2/c1-16-7-6-8-17(2)22(16)20-13-19(14-23)11-12-21(20)24-15-18-9-4-3-5-10-18/h3-13,23H,14-15H2,1-2H3. The first kappa shape index (κ1) is 16.3. The molecule has 3 rings (SSSR count). The third kappa shape index (κ3) is 3.50. The molecule has 0 spiro atoms. The summed E-state index contributed by atoms with van der Waals surface area (Å²) < 4.78 is 6.11. The lowest BCUT2D eigenvalue weighted by Crippen LogP contribution is -1.99. The number of rotatable bonds is 5. The molecule has 0 amide bonds. The summed E-state index contributed by atoms with van der Waals surface area (Å²) in [6, 6.07) is 22.3. The molecule has 0 saturated heterocycles. The van der Waals surface area contributed by atoms with E-state index in [2.05, 4.69) is 44.2 Å². The monoisotopic (exact) mass is 318 g/mol. The lowest BCUT2D eigenvalue weighted by Gasteiger charge is -2.16. The fraction of sp³-hybridized carbons (Fsp3) is 0.182. The Kier molecular flexibility index (Phi) is 4.97. The molecule has 0 unspecified atom stereocenters. The molecule has 2 nitrogen and oxygen atoms in total. The van der Waals surface area contributed by atoms with E-state index >= 15 is 0 Å². The molecule has 3 aromatic rings. The molecule has 0 aliphatic carbocycles. The number of aliphatic hydroxyl groups excluding tert-OH is 1. The number of aliphatic hydroxyl groups is 1. The summed E-state index contributed by atoms with van der Waals surface area (Å²) in [5.41, 5.74) is 6.64. The van der Waals surface area contributed by atoms with Crippen molar-refractivity contribution in [3.05, 3.63) is 89.0 Å². The van der Waals surface area contributed by atoms with Gasteiger partial charge in [0.15, 0.2) is 0 Å². The molecule has 0 heterocycles. The van der Waals surface area contributed by atoms with Gasteiger partial charge in [0.25, 0.3) is 0 Å². The lowest BCUT2D eigenvalue weighted by atomic mass is 9.94. The van der Waals surface area contributed by atoms with Crippen molar-refractivity contribution in [3.8, 4) is 16.9 Å². The highest BCUT2D eigenvalue weighted by Crippen LogP contribution is 2.36. The van der Waals surface area contributed by atoms with Gasteiger partial charge in [0.2, 0.25) is 0 Å². The second-order valence-electron chi connectivity index (χ2n) is 6.03. The molecule has 0 fully saturated rings. The molecule has 0 aliphatic heterocycles. The van der Waals surface area contributed by atoms with Crippen LogP contribution in [-0.2, 0) is 13.2 Å². The molecular weight excluding hydrogens is 296 g/mol. The summed E-state index contributed by atoms with van der Waals surface area (Å²) in [6.45, 7) is 4.76. The first-order valence-electron chi connectivity index (χ1n) is 8.16. The molecule has 0 aromatic heterocycles. The predicted octanol–water partition coefficient (Wildman–Crippen LogP) is 5.04. The quantitative estimate of drug-likeness (QED) is 0.714. The summed E-state index contributed by atoms with van der Waals surface area (Å²) in [4.78, 5) is 0. The van der Waals surface area contributed by atoms with Crippen molar-refractivity contribution in [1.82, 2.24) is 0 Å². The van der Waals surface area contributed by atoms with Crippen LogP contribution >= 0.6 is 0 Å². The average Bonchev–Trinajstić information content (AvgIpc) is 2.61. The fourth-order valence-electron chi connectivity index (χ4n) is 2.97. The third-order valence-electron chi connectivity index (χ3n) is 4.21. The summed E-state index contributed by atoms with van der Waals surface area (Å²) >= 11 is 0. The summed E-state index contributed by atoms with van der Waals surface area (Å²) in [5, 5.41) is 9.51. The van der Waals surface area contributed by atoms with Gasteiger partial charge in [0.1, 0.15) is 12.4 Å². The Balaban J connectivity index is 2.00. The number of ether oxygens (including phenoxy) is 1. The maximum atomic E-state index is 9.51.